The topological polar surface area (TPSA) is 57.8 Å². The molecule has 20 heavy (non-hydrogen) atoms. The summed E-state index contributed by atoms with van der Waals surface area (Å²) < 4.78 is 0. The molecule has 0 bridgehead atoms. The number of hydrogen-bond donors (Lipinski definition) is 2. The molecule has 0 spiro atoms. The van der Waals surface area contributed by atoms with Gasteiger partial charge in [0.15, 0.2) is 0 Å². The van der Waals surface area contributed by atoms with Crippen LogP contribution >= 0.6 is 23.2 Å². The van der Waals surface area contributed by atoms with Crippen LogP contribution < -0.4 is 10.9 Å². The summed E-state index contributed by atoms with van der Waals surface area (Å²) in [6, 6.07) is 6.56. The molecular weight excluding hydrogens is 297 g/mol. The highest BCUT2D eigenvalue weighted by molar-refractivity contribution is 6.35. The monoisotopic (exact) mass is 311 g/mol. The fourth-order valence-corrected chi connectivity index (χ4v) is 2.35. The molecule has 0 fully saturated rings. The Morgan fingerprint density at radius 2 is 1.90 bits per heavy atom. The Hall–Kier alpha value is -1.36. The number of hydrogen-bond acceptors (Lipinski definition) is 3. The lowest BCUT2D eigenvalue weighted by Gasteiger charge is -2.06. The van der Waals surface area contributed by atoms with Gasteiger partial charge in [0.05, 0.1) is 5.69 Å². The minimum Gasteiger partial charge on any atom is -0.311 e. The molecule has 0 atom stereocenters. The molecule has 0 saturated heterocycles. The number of halogens is 2. The van der Waals surface area contributed by atoms with E-state index in [9.17, 15) is 4.79 Å². The quantitative estimate of drug-likeness (QED) is 0.833. The zero-order chi connectivity index (χ0) is 14.5. The van der Waals surface area contributed by atoms with E-state index in [4.69, 9.17) is 23.2 Å². The molecule has 1 heterocycles. The van der Waals surface area contributed by atoms with Gasteiger partial charge in [-0.15, -0.1) is 0 Å². The SMILES string of the molecule is CCCNCc1cc(=O)[nH]c(-c2cc(Cl)cc(Cl)c2)n1. The molecular formula is C14H15Cl2N3O. The second kappa shape index (κ2) is 6.88. The van der Waals surface area contributed by atoms with Gasteiger partial charge in [-0.05, 0) is 31.2 Å². The summed E-state index contributed by atoms with van der Waals surface area (Å²) in [6.45, 7) is 3.52. The number of aromatic amines is 1. The van der Waals surface area contributed by atoms with Gasteiger partial charge in [-0.25, -0.2) is 4.98 Å². The number of nitrogens with one attached hydrogen (secondary N) is 2. The first-order valence-electron chi connectivity index (χ1n) is 6.36. The van der Waals surface area contributed by atoms with Crippen molar-refractivity contribution in [3.8, 4) is 11.4 Å². The van der Waals surface area contributed by atoms with Crippen LogP contribution in [-0.2, 0) is 6.54 Å². The lowest BCUT2D eigenvalue weighted by atomic mass is 10.2. The molecule has 2 N–H and O–H groups in total. The number of aromatic nitrogens is 2. The van der Waals surface area contributed by atoms with Crippen molar-refractivity contribution in [1.82, 2.24) is 15.3 Å². The van der Waals surface area contributed by atoms with Gasteiger partial charge in [-0.3, -0.25) is 4.79 Å². The first-order chi connectivity index (χ1) is 9.58. The average Bonchev–Trinajstić information content (AvgIpc) is 2.37. The third kappa shape index (κ3) is 4.07. The Balaban J connectivity index is 2.33. The zero-order valence-corrected chi connectivity index (χ0v) is 12.6. The molecule has 0 aliphatic heterocycles. The first-order valence-corrected chi connectivity index (χ1v) is 7.11. The Labute approximate surface area is 127 Å². The van der Waals surface area contributed by atoms with Crippen molar-refractivity contribution >= 4 is 23.2 Å². The third-order valence-electron chi connectivity index (χ3n) is 2.66. The summed E-state index contributed by atoms with van der Waals surface area (Å²) in [5.41, 5.74) is 1.18. The molecule has 106 valence electrons. The Morgan fingerprint density at radius 1 is 1.20 bits per heavy atom. The molecule has 0 unspecified atom stereocenters. The highest BCUT2D eigenvalue weighted by atomic mass is 35.5. The van der Waals surface area contributed by atoms with E-state index in [0.29, 0.717) is 33.7 Å². The number of H-pyrrole nitrogens is 1. The third-order valence-corrected chi connectivity index (χ3v) is 3.10. The van der Waals surface area contributed by atoms with E-state index in [-0.39, 0.29) is 5.56 Å². The standard InChI is InChI=1S/C14H15Cl2N3O/c1-2-3-17-8-12-7-13(20)19-14(18-12)9-4-10(15)6-11(16)5-9/h4-7,17H,2-3,8H2,1H3,(H,18,19,20). The molecule has 6 heteroatoms. The minimum absolute atomic E-state index is 0.195. The molecule has 0 aliphatic rings. The lowest BCUT2D eigenvalue weighted by molar-refractivity contribution is 0.662. The molecule has 2 aromatic rings. The Kier molecular flexibility index (Phi) is 5.17. The second-order valence-electron chi connectivity index (χ2n) is 4.42. The maximum Gasteiger partial charge on any atom is 0.251 e. The normalized spacial score (nSPS) is 10.8. The van der Waals surface area contributed by atoms with E-state index in [1.165, 1.54) is 6.07 Å². The van der Waals surface area contributed by atoms with Crippen molar-refractivity contribution in [2.75, 3.05) is 6.54 Å². The van der Waals surface area contributed by atoms with E-state index in [2.05, 4.69) is 22.2 Å². The van der Waals surface area contributed by atoms with Gasteiger partial charge in [-0.2, -0.15) is 0 Å². The molecule has 0 saturated carbocycles. The van der Waals surface area contributed by atoms with Crippen LogP contribution in [0.3, 0.4) is 0 Å². The van der Waals surface area contributed by atoms with Crippen LogP contribution in [0.4, 0.5) is 0 Å². The van der Waals surface area contributed by atoms with E-state index >= 15 is 0 Å². The molecule has 2 rings (SSSR count). The van der Waals surface area contributed by atoms with Crippen LogP contribution in [0.15, 0.2) is 29.1 Å². The summed E-state index contributed by atoms with van der Waals surface area (Å²) in [5, 5.41) is 4.22. The fraction of sp³-hybridized carbons (Fsp3) is 0.286. The highest BCUT2D eigenvalue weighted by Crippen LogP contribution is 2.24. The highest BCUT2D eigenvalue weighted by Gasteiger charge is 2.06. The predicted octanol–water partition coefficient (Wildman–Crippen LogP) is 3.24. The van der Waals surface area contributed by atoms with E-state index in [1.807, 2.05) is 0 Å². The van der Waals surface area contributed by atoms with Gasteiger partial charge in [0.2, 0.25) is 0 Å². The molecule has 4 nitrogen and oxygen atoms in total. The summed E-state index contributed by atoms with van der Waals surface area (Å²) in [6.07, 6.45) is 1.03. The van der Waals surface area contributed by atoms with Crippen LogP contribution in [0.25, 0.3) is 11.4 Å². The number of rotatable bonds is 5. The summed E-state index contributed by atoms with van der Waals surface area (Å²) >= 11 is 11.9. The van der Waals surface area contributed by atoms with Gasteiger partial charge >= 0.3 is 0 Å². The van der Waals surface area contributed by atoms with Crippen molar-refractivity contribution in [1.29, 1.82) is 0 Å². The van der Waals surface area contributed by atoms with E-state index in [0.717, 1.165) is 13.0 Å². The van der Waals surface area contributed by atoms with Crippen LogP contribution in [0.2, 0.25) is 10.0 Å². The van der Waals surface area contributed by atoms with Crippen LogP contribution in [0, 0.1) is 0 Å². The van der Waals surface area contributed by atoms with E-state index < -0.39 is 0 Å². The fourth-order valence-electron chi connectivity index (χ4n) is 1.82. The van der Waals surface area contributed by atoms with E-state index in [1.54, 1.807) is 18.2 Å². The summed E-state index contributed by atoms with van der Waals surface area (Å²) in [7, 11) is 0. The lowest BCUT2D eigenvalue weighted by Crippen LogP contribution is -2.18. The first kappa shape index (κ1) is 15.0. The van der Waals surface area contributed by atoms with Crippen LogP contribution in [0.1, 0.15) is 19.0 Å². The van der Waals surface area contributed by atoms with Crippen LogP contribution in [0.5, 0.6) is 0 Å². The molecule has 0 amide bonds. The summed E-state index contributed by atoms with van der Waals surface area (Å²) in [4.78, 5) is 18.8. The summed E-state index contributed by atoms with van der Waals surface area (Å²) in [5.74, 6) is 0.468. The minimum atomic E-state index is -0.195. The van der Waals surface area contributed by atoms with Crippen molar-refractivity contribution < 1.29 is 0 Å². The maximum atomic E-state index is 11.7. The van der Waals surface area contributed by atoms with Gasteiger partial charge < -0.3 is 10.3 Å². The maximum absolute atomic E-state index is 11.7. The Morgan fingerprint density at radius 3 is 2.55 bits per heavy atom. The van der Waals surface area contributed by atoms with Gasteiger partial charge in [0.1, 0.15) is 5.82 Å². The van der Waals surface area contributed by atoms with Gasteiger partial charge in [0.25, 0.3) is 5.56 Å². The van der Waals surface area contributed by atoms with Gasteiger partial charge in [0, 0.05) is 28.2 Å². The average molecular weight is 312 g/mol. The molecule has 1 aromatic carbocycles. The van der Waals surface area contributed by atoms with Crippen LogP contribution in [-0.4, -0.2) is 16.5 Å². The smallest absolute Gasteiger partial charge is 0.251 e. The molecule has 1 aromatic heterocycles. The number of benzene rings is 1. The number of nitrogens with zero attached hydrogens (tertiary/aromatic N) is 1. The second-order valence-corrected chi connectivity index (χ2v) is 5.29. The van der Waals surface area contributed by atoms with Crippen molar-refractivity contribution in [2.45, 2.75) is 19.9 Å². The molecule has 0 aliphatic carbocycles. The van der Waals surface area contributed by atoms with Crippen molar-refractivity contribution in [2.24, 2.45) is 0 Å². The van der Waals surface area contributed by atoms with Gasteiger partial charge in [-0.1, -0.05) is 30.1 Å². The Bertz CT molecular complexity index is 635. The van der Waals surface area contributed by atoms with Crippen molar-refractivity contribution in [3.63, 3.8) is 0 Å². The molecule has 0 radical (unpaired) electrons. The largest absolute Gasteiger partial charge is 0.311 e. The van der Waals surface area contributed by atoms with Crippen molar-refractivity contribution in [3.05, 3.63) is 50.4 Å². The zero-order valence-electron chi connectivity index (χ0n) is 11.0. The predicted molar refractivity (Wildman–Crippen MR) is 82.3 cm³/mol.